The Morgan fingerprint density at radius 3 is 2.31 bits per heavy atom. The Morgan fingerprint density at radius 1 is 0.887 bits per heavy atom. The van der Waals surface area contributed by atoms with Gasteiger partial charge in [-0.05, 0) is 69.9 Å². The Bertz CT molecular complexity index is 1730. The van der Waals surface area contributed by atoms with Crippen LogP contribution in [0.3, 0.4) is 0 Å². The number of likely N-dealkylation sites (N-methyl/N-ethyl adjacent to an activating group) is 1. The molecular formula is C48H73NO13. The van der Waals surface area contributed by atoms with Crippen LogP contribution in [0.4, 0.5) is 0 Å². The normalized spacial score (nSPS) is 47.9. The number of carbonyl (C=O) groups is 1. The van der Waals surface area contributed by atoms with Crippen molar-refractivity contribution in [2.45, 2.75) is 185 Å². The molecule has 0 radical (unpaired) electrons. The van der Waals surface area contributed by atoms with Gasteiger partial charge in [0.25, 0.3) is 0 Å². The largest absolute Gasteiger partial charge is 0.462 e. The average molecular weight is 872 g/mol. The first-order chi connectivity index (χ1) is 29.5. The number of fused-ring (bicyclic) bond motifs is 2. The summed E-state index contributed by atoms with van der Waals surface area (Å²) in [5.74, 6) is -2.56. The van der Waals surface area contributed by atoms with Gasteiger partial charge < -0.3 is 62.9 Å². The number of ether oxygens (including phenoxy) is 10. The van der Waals surface area contributed by atoms with E-state index in [0.717, 1.165) is 5.57 Å². The van der Waals surface area contributed by atoms with Crippen molar-refractivity contribution in [2.75, 3.05) is 27.9 Å². The summed E-state index contributed by atoms with van der Waals surface area (Å²) >= 11 is 0. The molecule has 14 nitrogen and oxygen atoms in total. The molecule has 7 aliphatic rings. The van der Waals surface area contributed by atoms with E-state index in [-0.39, 0.29) is 67.0 Å². The highest BCUT2D eigenvalue weighted by molar-refractivity contribution is 5.78. The maximum absolute atomic E-state index is 14.3. The van der Waals surface area contributed by atoms with E-state index < -0.39 is 66.4 Å². The molecule has 2 bridgehead atoms. The van der Waals surface area contributed by atoms with Crippen LogP contribution in [-0.4, -0.2) is 141 Å². The predicted octanol–water partition coefficient (Wildman–Crippen LogP) is 5.21. The van der Waals surface area contributed by atoms with Crippen molar-refractivity contribution in [3.05, 3.63) is 59.3 Å². The van der Waals surface area contributed by atoms with E-state index in [2.05, 4.69) is 52.1 Å². The molecule has 14 heteroatoms. The predicted molar refractivity (Wildman–Crippen MR) is 230 cm³/mol. The van der Waals surface area contributed by atoms with E-state index in [1.165, 1.54) is 0 Å². The standard InChI is InChI=1S/C48H73NO13/c1-25(2)42-28(5)17-18-47(62-42)23-34-20-33(61-47)16-15-27(4)43(26(3)13-12-14-32-24-55-45-41(50)29(6)19-35(46(51)58-34)48(32,45)52)59-39-22-37(54-11)44(31(8)57-39)60-38-21-36(53-10)40(49-9)30(7)56-38/h12-15,17-19,25-26,28,30-31,33-45,49-50,52H,16,20-24H2,1-11H3/b13-12-,27-15-,32-14?/t26-,28-,30-,31-,33+,34-,35-,36-,37-,38-,39-,40-,41+,42+,43-,44-,45+,47+,48+/m0/s1. The molecule has 3 N–H and O–H groups in total. The lowest BCUT2D eigenvalue weighted by Crippen LogP contribution is -2.58. The van der Waals surface area contributed by atoms with Crippen LogP contribution >= 0.6 is 0 Å². The smallest absolute Gasteiger partial charge is 0.316 e. The summed E-state index contributed by atoms with van der Waals surface area (Å²) in [5, 5.41) is 27.0. The van der Waals surface area contributed by atoms with E-state index in [1.807, 2.05) is 39.1 Å². The second kappa shape index (κ2) is 19.7. The Hall–Kier alpha value is -2.31. The fraction of sp³-hybridized carbons (Fsp3) is 0.771. The van der Waals surface area contributed by atoms with Gasteiger partial charge in [-0.1, -0.05) is 64.2 Å². The monoisotopic (exact) mass is 872 g/mol. The van der Waals surface area contributed by atoms with Crippen molar-refractivity contribution in [3.8, 4) is 0 Å². The SMILES string of the molecule is CN[C@H]1[C@H](C)O[C@@H](O[C@H]2[C@H](C)O[C@@H](O[C@@H]3/C(C)=C\C[C@@H]4C[C@@H](C[C@]5(C=C[C@H](C)[C@@H](C(C)C)O5)O4)OC(=O)[C@@H]4C=C(C)[C@@H](O)[C@H]5OCC(=C/C=C\[C@@H]3C)[C@]54O)C[C@@H]2OC)C[C@@H]1OC. The first-order valence-corrected chi connectivity index (χ1v) is 22.9. The van der Waals surface area contributed by atoms with E-state index >= 15 is 0 Å². The highest BCUT2D eigenvalue weighted by Crippen LogP contribution is 2.47. The maximum atomic E-state index is 14.3. The van der Waals surface area contributed by atoms with Gasteiger partial charge in [-0.15, -0.1) is 0 Å². The lowest BCUT2D eigenvalue weighted by molar-refractivity contribution is -0.312. The second-order valence-electron chi connectivity index (χ2n) is 19.1. The zero-order valence-corrected chi connectivity index (χ0v) is 38.6. The molecule has 0 amide bonds. The Balaban J connectivity index is 1.17. The third-order valence-corrected chi connectivity index (χ3v) is 14.3. The van der Waals surface area contributed by atoms with Crippen LogP contribution in [0.25, 0.3) is 0 Å². The molecule has 0 saturated carbocycles. The van der Waals surface area contributed by atoms with Gasteiger partial charge in [0.05, 0.1) is 55.4 Å². The molecule has 1 spiro atoms. The minimum Gasteiger partial charge on any atom is -0.462 e. The minimum absolute atomic E-state index is 0.0407. The van der Waals surface area contributed by atoms with Crippen LogP contribution < -0.4 is 5.32 Å². The van der Waals surface area contributed by atoms with Crippen molar-refractivity contribution >= 4 is 5.97 Å². The number of allylic oxidation sites excluding steroid dienone is 2. The van der Waals surface area contributed by atoms with Gasteiger partial charge in [0, 0.05) is 51.7 Å². The number of aliphatic hydroxyl groups excluding tert-OH is 1. The van der Waals surface area contributed by atoms with Gasteiger partial charge in [0.15, 0.2) is 18.4 Å². The second-order valence-corrected chi connectivity index (χ2v) is 19.1. The first-order valence-electron chi connectivity index (χ1n) is 22.9. The van der Waals surface area contributed by atoms with Crippen molar-refractivity contribution in [2.24, 2.45) is 23.7 Å². The number of nitrogens with one attached hydrogen (secondary N) is 1. The minimum atomic E-state index is -1.83. The van der Waals surface area contributed by atoms with Crippen molar-refractivity contribution in [1.82, 2.24) is 5.32 Å². The van der Waals surface area contributed by atoms with Crippen LogP contribution in [-0.2, 0) is 52.2 Å². The highest BCUT2D eigenvalue weighted by atomic mass is 16.7. The lowest BCUT2D eigenvalue weighted by atomic mass is 9.71. The quantitative estimate of drug-likeness (QED) is 0.215. The van der Waals surface area contributed by atoms with Gasteiger partial charge >= 0.3 is 5.97 Å². The molecule has 7 rings (SSSR count). The summed E-state index contributed by atoms with van der Waals surface area (Å²) in [5.41, 5.74) is 0.176. The van der Waals surface area contributed by atoms with Crippen LogP contribution in [0, 0.1) is 23.7 Å². The number of aliphatic hydroxyl groups is 2. The molecule has 4 saturated heterocycles. The lowest BCUT2D eigenvalue weighted by Gasteiger charge is -2.48. The van der Waals surface area contributed by atoms with E-state index in [4.69, 9.17) is 47.4 Å². The zero-order valence-electron chi connectivity index (χ0n) is 38.6. The molecule has 6 heterocycles. The van der Waals surface area contributed by atoms with Crippen molar-refractivity contribution in [1.29, 1.82) is 0 Å². The summed E-state index contributed by atoms with van der Waals surface area (Å²) in [4.78, 5) is 14.3. The van der Waals surface area contributed by atoms with E-state index in [9.17, 15) is 15.0 Å². The summed E-state index contributed by atoms with van der Waals surface area (Å²) in [6.45, 7) is 16.3. The van der Waals surface area contributed by atoms with Gasteiger partial charge in [-0.2, -0.15) is 0 Å². The number of esters is 1. The summed E-state index contributed by atoms with van der Waals surface area (Å²) in [6.07, 6.45) is 9.72. The number of methoxy groups -OCH3 is 2. The Morgan fingerprint density at radius 2 is 1.60 bits per heavy atom. The van der Waals surface area contributed by atoms with E-state index in [1.54, 1.807) is 33.3 Å². The van der Waals surface area contributed by atoms with Crippen LogP contribution in [0.1, 0.15) is 87.5 Å². The van der Waals surface area contributed by atoms with Gasteiger partial charge in [-0.3, -0.25) is 4.79 Å². The summed E-state index contributed by atoms with van der Waals surface area (Å²) in [6, 6.07) is 0.0445. The summed E-state index contributed by atoms with van der Waals surface area (Å²) < 4.78 is 64.3. The Kier molecular flexibility index (Phi) is 15.1. The molecule has 0 aromatic rings. The molecule has 0 aromatic heterocycles. The number of rotatable bonds is 8. The molecule has 0 aromatic carbocycles. The van der Waals surface area contributed by atoms with Crippen LogP contribution in [0.5, 0.6) is 0 Å². The Labute approximate surface area is 368 Å². The molecule has 62 heavy (non-hydrogen) atoms. The van der Waals surface area contributed by atoms with Crippen LogP contribution in [0.15, 0.2) is 59.3 Å². The van der Waals surface area contributed by atoms with Gasteiger partial charge in [0.1, 0.15) is 35.9 Å². The molecule has 19 atom stereocenters. The molecule has 6 aliphatic heterocycles. The number of carbonyl (C=O) groups excluding carboxylic acids is 1. The van der Waals surface area contributed by atoms with Gasteiger partial charge in [-0.25, -0.2) is 0 Å². The van der Waals surface area contributed by atoms with E-state index in [0.29, 0.717) is 43.3 Å². The van der Waals surface area contributed by atoms with Crippen molar-refractivity contribution in [3.63, 3.8) is 0 Å². The molecule has 0 unspecified atom stereocenters. The fourth-order valence-electron chi connectivity index (χ4n) is 10.9. The first kappa shape index (κ1) is 47.6. The van der Waals surface area contributed by atoms with Gasteiger partial charge in [0.2, 0.25) is 0 Å². The number of hydrogen-bond acceptors (Lipinski definition) is 14. The molecule has 4 fully saturated rings. The highest BCUT2D eigenvalue weighted by Gasteiger charge is 2.60. The third-order valence-electron chi connectivity index (χ3n) is 14.3. The molecule has 1 aliphatic carbocycles. The fourth-order valence-corrected chi connectivity index (χ4v) is 10.9. The van der Waals surface area contributed by atoms with Crippen LogP contribution in [0.2, 0.25) is 0 Å². The van der Waals surface area contributed by atoms with Crippen molar-refractivity contribution < 1.29 is 62.4 Å². The average Bonchev–Trinajstić information content (AvgIpc) is 3.57. The molecule has 348 valence electrons. The third kappa shape index (κ3) is 9.64. The summed E-state index contributed by atoms with van der Waals surface area (Å²) in [7, 11) is 5.30. The molecular weight excluding hydrogens is 799 g/mol. The maximum Gasteiger partial charge on any atom is 0.316 e. The topological polar surface area (TPSA) is 162 Å². The zero-order chi connectivity index (χ0) is 44.7. The number of hydrogen-bond donors (Lipinski definition) is 3.